The maximum atomic E-state index is 12.6. The van der Waals surface area contributed by atoms with Crippen molar-refractivity contribution >= 4 is 11.6 Å². The van der Waals surface area contributed by atoms with Crippen molar-refractivity contribution in [1.29, 1.82) is 0 Å². The van der Waals surface area contributed by atoms with Gasteiger partial charge in [-0.1, -0.05) is 36.4 Å². The number of aryl methyl sites for hydroxylation is 1. The number of hydrogen-bond acceptors (Lipinski definition) is 5. The van der Waals surface area contributed by atoms with Crippen LogP contribution >= 0.6 is 0 Å². The van der Waals surface area contributed by atoms with Gasteiger partial charge in [0.1, 0.15) is 12.2 Å². The van der Waals surface area contributed by atoms with Crippen LogP contribution in [0.25, 0.3) is 0 Å². The first-order chi connectivity index (χ1) is 17.9. The highest BCUT2D eigenvalue weighted by atomic mass is 16.5. The zero-order chi connectivity index (χ0) is 26.7. The molecule has 0 aromatic heterocycles. The van der Waals surface area contributed by atoms with Crippen molar-refractivity contribution in [3.8, 4) is 23.0 Å². The third-order valence-corrected chi connectivity index (χ3v) is 6.74. The van der Waals surface area contributed by atoms with Crippen molar-refractivity contribution in [3.05, 3.63) is 77.9 Å². The van der Waals surface area contributed by atoms with Gasteiger partial charge < -0.3 is 24.3 Å². The van der Waals surface area contributed by atoms with Crippen molar-refractivity contribution < 1.29 is 23.7 Å². The molecule has 1 atom stereocenters. The van der Waals surface area contributed by atoms with Gasteiger partial charge in [0.25, 0.3) is 0 Å². The van der Waals surface area contributed by atoms with Crippen LogP contribution in [0.2, 0.25) is 0 Å². The Balaban J connectivity index is 1.72. The predicted molar refractivity (Wildman–Crippen MR) is 148 cm³/mol. The number of nitrogens with one attached hydrogen (secondary N) is 1. The highest BCUT2D eigenvalue weighted by Gasteiger charge is 2.27. The fourth-order valence-electron chi connectivity index (χ4n) is 4.38. The van der Waals surface area contributed by atoms with Gasteiger partial charge in [0, 0.05) is 25.0 Å². The first kappa shape index (κ1) is 27.9. The topological polar surface area (TPSA) is 66.0 Å². The van der Waals surface area contributed by atoms with Gasteiger partial charge in [0.15, 0.2) is 23.0 Å². The maximum absolute atomic E-state index is 12.6. The number of carbonyl (C=O) groups is 1. The summed E-state index contributed by atoms with van der Waals surface area (Å²) in [6, 6.07) is 22.1. The SMILES string of the molecule is COc1ccc(CC[N+](C)(CCNC(=O)CCc2ccccc2)c2ccc(OC)c(OC)c2)cc1OC. The van der Waals surface area contributed by atoms with E-state index < -0.39 is 0 Å². The van der Waals surface area contributed by atoms with Gasteiger partial charge in [-0.2, -0.15) is 0 Å². The third kappa shape index (κ3) is 7.64. The minimum atomic E-state index is 0.0580. The Bertz CT molecular complexity index is 1150. The Morgan fingerprint density at radius 3 is 1.97 bits per heavy atom. The van der Waals surface area contributed by atoms with E-state index in [1.807, 2.05) is 54.6 Å². The normalized spacial score (nSPS) is 12.4. The standard InChI is InChI=1S/C30H38N2O5/c1-32(25-13-15-27(35-3)29(22-25)37-5,19-17-24-11-14-26(34-2)28(21-24)36-4)20-18-31-30(33)16-12-23-9-7-6-8-10-23/h6-11,13-15,21-22H,12,16-20H2,1-5H3/p+1. The molecule has 0 aliphatic carbocycles. The average Bonchev–Trinajstić information content (AvgIpc) is 2.94. The Morgan fingerprint density at radius 2 is 1.32 bits per heavy atom. The Hall–Kier alpha value is -3.71. The van der Waals surface area contributed by atoms with Crippen molar-refractivity contribution in [1.82, 2.24) is 9.80 Å². The second-order valence-corrected chi connectivity index (χ2v) is 9.16. The Labute approximate surface area is 220 Å². The first-order valence-corrected chi connectivity index (χ1v) is 12.5. The summed E-state index contributed by atoms with van der Waals surface area (Å²) < 4.78 is 22.5. The molecule has 0 aliphatic heterocycles. The van der Waals surface area contributed by atoms with Crippen LogP contribution in [0.15, 0.2) is 66.7 Å². The molecule has 0 saturated heterocycles. The van der Waals surface area contributed by atoms with Crippen LogP contribution in [0, 0.1) is 0 Å². The van der Waals surface area contributed by atoms with Crippen molar-refractivity contribution in [3.63, 3.8) is 0 Å². The van der Waals surface area contributed by atoms with E-state index in [4.69, 9.17) is 18.9 Å². The van der Waals surface area contributed by atoms with Gasteiger partial charge in [-0.05, 0) is 35.7 Å². The zero-order valence-electron chi connectivity index (χ0n) is 22.6. The first-order valence-electron chi connectivity index (χ1n) is 12.5. The lowest BCUT2D eigenvalue weighted by Gasteiger charge is -2.35. The van der Waals surface area contributed by atoms with Crippen molar-refractivity contribution in [2.75, 3.05) is 55.1 Å². The molecule has 7 nitrogen and oxygen atoms in total. The second-order valence-electron chi connectivity index (χ2n) is 9.16. The van der Waals surface area contributed by atoms with E-state index in [2.05, 4.69) is 24.5 Å². The molecule has 0 bridgehead atoms. The molecule has 7 heteroatoms. The summed E-state index contributed by atoms with van der Waals surface area (Å²) in [6.45, 7) is 2.09. The minimum absolute atomic E-state index is 0.0580. The van der Waals surface area contributed by atoms with E-state index in [0.29, 0.717) is 40.4 Å². The van der Waals surface area contributed by atoms with Crippen LogP contribution in [0.1, 0.15) is 17.5 Å². The smallest absolute Gasteiger partial charge is 0.220 e. The Morgan fingerprint density at radius 1 is 0.703 bits per heavy atom. The molecule has 1 amide bonds. The molecule has 0 saturated carbocycles. The largest absolute Gasteiger partial charge is 0.493 e. The van der Waals surface area contributed by atoms with E-state index in [1.54, 1.807) is 28.4 Å². The monoisotopic (exact) mass is 507 g/mol. The summed E-state index contributed by atoms with van der Waals surface area (Å²) >= 11 is 0. The van der Waals surface area contributed by atoms with Crippen molar-refractivity contribution in [2.45, 2.75) is 19.3 Å². The highest BCUT2D eigenvalue weighted by Crippen LogP contribution is 2.34. The van der Waals surface area contributed by atoms with Crippen LogP contribution < -0.4 is 28.7 Å². The van der Waals surface area contributed by atoms with E-state index in [-0.39, 0.29) is 5.91 Å². The lowest BCUT2D eigenvalue weighted by atomic mass is 10.1. The van der Waals surface area contributed by atoms with Crippen LogP contribution in [0.5, 0.6) is 23.0 Å². The maximum Gasteiger partial charge on any atom is 0.220 e. The van der Waals surface area contributed by atoms with Gasteiger partial charge in [0.05, 0.1) is 48.6 Å². The number of quaternary nitrogens is 1. The lowest BCUT2D eigenvalue weighted by molar-refractivity contribution is -0.121. The van der Waals surface area contributed by atoms with Gasteiger partial charge in [-0.25, -0.2) is 0 Å². The zero-order valence-corrected chi connectivity index (χ0v) is 22.6. The third-order valence-electron chi connectivity index (χ3n) is 6.74. The van der Waals surface area contributed by atoms with Crippen LogP contribution in [-0.2, 0) is 17.6 Å². The molecule has 1 unspecified atom stereocenters. The molecule has 0 aliphatic rings. The van der Waals surface area contributed by atoms with Gasteiger partial charge in [-0.15, -0.1) is 0 Å². The predicted octanol–water partition coefficient (Wildman–Crippen LogP) is 4.65. The molecule has 0 spiro atoms. The average molecular weight is 508 g/mol. The molecule has 3 aromatic rings. The van der Waals surface area contributed by atoms with Crippen LogP contribution in [0.3, 0.4) is 0 Å². The fraction of sp³-hybridized carbons (Fsp3) is 0.367. The molecule has 3 aromatic carbocycles. The lowest BCUT2D eigenvalue weighted by Crippen LogP contribution is -2.51. The van der Waals surface area contributed by atoms with Gasteiger partial charge in [0.2, 0.25) is 5.91 Å². The number of benzene rings is 3. The molecule has 1 N–H and O–H groups in total. The molecule has 3 rings (SSSR count). The number of rotatable bonds is 14. The molecule has 0 heterocycles. The number of methoxy groups -OCH3 is 4. The fourth-order valence-corrected chi connectivity index (χ4v) is 4.38. The molecular formula is C30H39N2O5+. The molecule has 37 heavy (non-hydrogen) atoms. The van der Waals surface area contributed by atoms with Crippen molar-refractivity contribution in [2.24, 2.45) is 0 Å². The summed E-state index contributed by atoms with van der Waals surface area (Å²) in [7, 11) is 8.73. The van der Waals surface area contributed by atoms with Crippen LogP contribution in [0.4, 0.5) is 5.69 Å². The second kappa shape index (κ2) is 13.6. The highest BCUT2D eigenvalue weighted by molar-refractivity contribution is 5.76. The summed E-state index contributed by atoms with van der Waals surface area (Å²) in [6.07, 6.45) is 2.01. The number of carbonyl (C=O) groups excluding carboxylic acids is 1. The van der Waals surface area contributed by atoms with E-state index in [0.717, 1.165) is 37.2 Å². The molecular weight excluding hydrogens is 468 g/mol. The van der Waals surface area contributed by atoms with Gasteiger partial charge in [-0.3, -0.25) is 9.28 Å². The number of hydrogen-bond donors (Lipinski definition) is 1. The number of ether oxygens (including phenoxy) is 4. The summed E-state index contributed by atoms with van der Waals surface area (Å²) in [5.41, 5.74) is 3.39. The molecule has 0 fully saturated rings. The summed E-state index contributed by atoms with van der Waals surface area (Å²) in [5.74, 6) is 2.85. The Kier molecular flexibility index (Phi) is 10.2. The minimum Gasteiger partial charge on any atom is -0.493 e. The number of amides is 1. The van der Waals surface area contributed by atoms with E-state index >= 15 is 0 Å². The van der Waals surface area contributed by atoms with E-state index in [1.165, 1.54) is 5.56 Å². The van der Waals surface area contributed by atoms with E-state index in [9.17, 15) is 4.79 Å². The van der Waals surface area contributed by atoms with Gasteiger partial charge >= 0.3 is 0 Å². The molecule has 0 radical (unpaired) electrons. The summed E-state index contributed by atoms with van der Waals surface area (Å²) in [5, 5.41) is 3.11. The number of nitrogens with zero attached hydrogens (tertiary/aromatic N) is 1. The van der Waals surface area contributed by atoms with Crippen LogP contribution in [-0.4, -0.2) is 61.0 Å². The molecule has 198 valence electrons. The quantitative estimate of drug-likeness (QED) is 0.322. The number of likely N-dealkylation sites (N-methyl/N-ethyl adjacent to an activating group) is 1. The summed E-state index contributed by atoms with van der Waals surface area (Å²) in [4.78, 5) is 12.6.